The van der Waals surface area contributed by atoms with Crippen molar-refractivity contribution in [1.82, 2.24) is 10.2 Å². The van der Waals surface area contributed by atoms with Gasteiger partial charge in [-0.05, 0) is 56.0 Å². The fourth-order valence-corrected chi connectivity index (χ4v) is 4.63. The van der Waals surface area contributed by atoms with Crippen LogP contribution in [0.2, 0.25) is 0 Å². The summed E-state index contributed by atoms with van der Waals surface area (Å²) in [6, 6.07) is 13.8. The van der Waals surface area contributed by atoms with E-state index >= 15 is 0 Å². The van der Waals surface area contributed by atoms with Crippen LogP contribution in [-0.2, 0) is 32.6 Å². The van der Waals surface area contributed by atoms with E-state index in [0.29, 0.717) is 12.1 Å². The average Bonchev–Trinajstić information content (AvgIpc) is 2.80. The minimum atomic E-state index is -3.75. The van der Waals surface area contributed by atoms with E-state index in [0.717, 1.165) is 32.6 Å². The van der Waals surface area contributed by atoms with E-state index in [2.05, 4.69) is 21.2 Å². The van der Waals surface area contributed by atoms with Crippen LogP contribution in [0.4, 0.5) is 5.69 Å². The van der Waals surface area contributed by atoms with Gasteiger partial charge in [-0.25, -0.2) is 8.42 Å². The number of anilines is 1. The van der Waals surface area contributed by atoms with Gasteiger partial charge >= 0.3 is 0 Å². The van der Waals surface area contributed by atoms with Crippen molar-refractivity contribution in [3.63, 3.8) is 0 Å². The molecule has 0 aliphatic heterocycles. The van der Waals surface area contributed by atoms with E-state index in [1.54, 1.807) is 19.1 Å². The normalized spacial score (nSPS) is 13.1. The number of nitrogens with one attached hydrogen (secondary N) is 1. The molecule has 2 aromatic rings. The SMILES string of the molecule is CCc1ccccc1N(CC(=O)N(Cc1ccc(Br)cc1)[C@H](C)C(=O)N[C@@H](C)CC)S(C)(=O)=O. The largest absolute Gasteiger partial charge is 0.352 e. The number of hydrogen-bond donors (Lipinski definition) is 1. The summed E-state index contributed by atoms with van der Waals surface area (Å²) in [5.74, 6) is -0.731. The first kappa shape index (κ1) is 27.9. The molecule has 34 heavy (non-hydrogen) atoms. The molecule has 0 aliphatic carbocycles. The summed E-state index contributed by atoms with van der Waals surface area (Å²) in [5.41, 5.74) is 2.13. The van der Waals surface area contributed by atoms with Crippen molar-refractivity contribution < 1.29 is 18.0 Å². The number of aryl methyl sites for hydroxylation is 1. The molecule has 0 radical (unpaired) electrons. The van der Waals surface area contributed by atoms with Gasteiger partial charge in [0.25, 0.3) is 0 Å². The smallest absolute Gasteiger partial charge is 0.244 e. The zero-order chi connectivity index (χ0) is 25.5. The van der Waals surface area contributed by atoms with Crippen molar-refractivity contribution in [3.05, 3.63) is 64.1 Å². The number of sulfonamides is 1. The first-order valence-corrected chi connectivity index (χ1v) is 14.0. The van der Waals surface area contributed by atoms with Crippen LogP contribution in [0, 0.1) is 0 Å². The molecule has 2 rings (SSSR count). The van der Waals surface area contributed by atoms with Gasteiger partial charge in [-0.3, -0.25) is 13.9 Å². The van der Waals surface area contributed by atoms with Gasteiger partial charge in [-0.1, -0.05) is 60.1 Å². The fourth-order valence-electron chi connectivity index (χ4n) is 3.48. The van der Waals surface area contributed by atoms with Crippen LogP contribution in [-0.4, -0.2) is 50.0 Å². The van der Waals surface area contributed by atoms with Crippen LogP contribution in [0.5, 0.6) is 0 Å². The summed E-state index contributed by atoms with van der Waals surface area (Å²) in [6.07, 6.45) is 2.46. The van der Waals surface area contributed by atoms with E-state index in [4.69, 9.17) is 0 Å². The third-order valence-corrected chi connectivity index (χ3v) is 7.41. The number of benzene rings is 2. The van der Waals surface area contributed by atoms with Gasteiger partial charge in [0.15, 0.2) is 0 Å². The van der Waals surface area contributed by atoms with Gasteiger partial charge in [0.05, 0.1) is 11.9 Å². The third-order valence-electron chi connectivity index (χ3n) is 5.75. The molecule has 186 valence electrons. The number of rotatable bonds is 11. The van der Waals surface area contributed by atoms with Crippen molar-refractivity contribution >= 4 is 43.5 Å². The average molecular weight is 553 g/mol. The summed E-state index contributed by atoms with van der Waals surface area (Å²) in [6.45, 7) is 7.25. The molecule has 1 N–H and O–H groups in total. The molecule has 0 fully saturated rings. The minimum Gasteiger partial charge on any atom is -0.352 e. The molecule has 0 saturated heterocycles. The van der Waals surface area contributed by atoms with E-state index in [1.807, 2.05) is 57.2 Å². The minimum absolute atomic E-state index is 0.0384. The number of carbonyl (C=O) groups is 2. The molecule has 2 aromatic carbocycles. The zero-order valence-corrected chi connectivity index (χ0v) is 22.8. The first-order chi connectivity index (χ1) is 16.0. The number of nitrogens with zero attached hydrogens (tertiary/aromatic N) is 2. The lowest BCUT2D eigenvalue weighted by atomic mass is 10.1. The van der Waals surface area contributed by atoms with Crippen LogP contribution in [0.3, 0.4) is 0 Å². The van der Waals surface area contributed by atoms with Crippen molar-refractivity contribution in [2.24, 2.45) is 0 Å². The van der Waals surface area contributed by atoms with Crippen LogP contribution in [0.15, 0.2) is 53.0 Å². The topological polar surface area (TPSA) is 86.8 Å². The Kier molecular flexibility index (Phi) is 10.1. The van der Waals surface area contributed by atoms with Gasteiger partial charge in [0, 0.05) is 17.1 Å². The molecule has 0 unspecified atom stereocenters. The molecule has 0 aromatic heterocycles. The number of halogens is 1. The molecule has 2 atom stereocenters. The summed E-state index contributed by atoms with van der Waals surface area (Å²) >= 11 is 3.40. The Labute approximate surface area is 211 Å². The molecule has 2 amide bonds. The molecule has 0 saturated carbocycles. The Balaban J connectivity index is 2.41. The molecule has 0 bridgehead atoms. The van der Waals surface area contributed by atoms with Gasteiger partial charge in [-0.2, -0.15) is 0 Å². The van der Waals surface area contributed by atoms with E-state index < -0.39 is 28.5 Å². The molecular formula is C25H34BrN3O4S. The van der Waals surface area contributed by atoms with E-state index in [-0.39, 0.29) is 18.5 Å². The van der Waals surface area contributed by atoms with Crippen molar-refractivity contribution in [2.75, 3.05) is 17.1 Å². The molecule has 7 nitrogen and oxygen atoms in total. The maximum atomic E-state index is 13.6. The molecule has 0 heterocycles. The van der Waals surface area contributed by atoms with Crippen LogP contribution in [0.25, 0.3) is 0 Å². The van der Waals surface area contributed by atoms with Gasteiger partial charge < -0.3 is 10.2 Å². The third kappa shape index (κ3) is 7.56. The highest BCUT2D eigenvalue weighted by atomic mass is 79.9. The van der Waals surface area contributed by atoms with Gasteiger partial charge in [-0.15, -0.1) is 0 Å². The Morgan fingerprint density at radius 1 is 1.03 bits per heavy atom. The molecule has 9 heteroatoms. The number of hydrogen-bond acceptors (Lipinski definition) is 4. The highest BCUT2D eigenvalue weighted by Gasteiger charge is 2.31. The lowest BCUT2D eigenvalue weighted by molar-refractivity contribution is -0.139. The highest BCUT2D eigenvalue weighted by Crippen LogP contribution is 2.24. The zero-order valence-electron chi connectivity index (χ0n) is 20.4. The van der Waals surface area contributed by atoms with Crippen LogP contribution < -0.4 is 9.62 Å². The van der Waals surface area contributed by atoms with Crippen LogP contribution in [0.1, 0.15) is 45.2 Å². The number of para-hydroxylation sites is 1. The fraction of sp³-hybridized carbons (Fsp3) is 0.440. The van der Waals surface area contributed by atoms with Gasteiger partial charge in [0.2, 0.25) is 21.8 Å². The standard InChI is InChI=1S/C25H34BrN3O4S/c1-6-18(3)27-25(31)19(4)28(16-20-12-14-22(26)15-13-20)24(30)17-29(34(5,32)33)23-11-9-8-10-21(23)7-2/h8-15,18-19H,6-7,16-17H2,1-5H3,(H,27,31)/t18-,19+/m0/s1. The second kappa shape index (κ2) is 12.4. The second-order valence-corrected chi connectivity index (χ2v) is 11.2. The summed E-state index contributed by atoms with van der Waals surface area (Å²) in [4.78, 5) is 27.9. The molecule has 0 aliphatic rings. The lowest BCUT2D eigenvalue weighted by Gasteiger charge is -2.32. The predicted octanol–water partition coefficient (Wildman–Crippen LogP) is 4.11. The maximum absolute atomic E-state index is 13.6. The summed E-state index contributed by atoms with van der Waals surface area (Å²) in [7, 11) is -3.75. The Morgan fingerprint density at radius 3 is 2.21 bits per heavy atom. The maximum Gasteiger partial charge on any atom is 0.244 e. The first-order valence-electron chi connectivity index (χ1n) is 11.4. The molecule has 0 spiro atoms. The Morgan fingerprint density at radius 2 is 1.65 bits per heavy atom. The van der Waals surface area contributed by atoms with Crippen molar-refractivity contribution in [3.8, 4) is 0 Å². The van der Waals surface area contributed by atoms with E-state index in [1.165, 1.54) is 4.90 Å². The second-order valence-electron chi connectivity index (χ2n) is 8.39. The summed E-state index contributed by atoms with van der Waals surface area (Å²) < 4.78 is 27.5. The number of carbonyl (C=O) groups excluding carboxylic acids is 2. The van der Waals surface area contributed by atoms with Gasteiger partial charge in [0.1, 0.15) is 12.6 Å². The Bertz CT molecular complexity index is 1090. The number of amides is 2. The van der Waals surface area contributed by atoms with Crippen molar-refractivity contribution in [2.45, 2.75) is 59.2 Å². The predicted molar refractivity (Wildman–Crippen MR) is 140 cm³/mol. The Hall–Kier alpha value is -2.39. The quantitative estimate of drug-likeness (QED) is 0.455. The highest BCUT2D eigenvalue weighted by molar-refractivity contribution is 9.10. The lowest BCUT2D eigenvalue weighted by Crippen LogP contribution is -2.52. The van der Waals surface area contributed by atoms with E-state index in [9.17, 15) is 18.0 Å². The summed E-state index contributed by atoms with van der Waals surface area (Å²) in [5, 5.41) is 2.92. The van der Waals surface area contributed by atoms with Crippen LogP contribution >= 0.6 is 15.9 Å². The van der Waals surface area contributed by atoms with Crippen molar-refractivity contribution in [1.29, 1.82) is 0 Å². The molecular weight excluding hydrogens is 518 g/mol. The monoisotopic (exact) mass is 551 g/mol.